The Labute approximate surface area is 213 Å². The Balaban J connectivity index is 1.24. The summed E-state index contributed by atoms with van der Waals surface area (Å²) >= 11 is 0. The lowest BCUT2D eigenvalue weighted by Crippen LogP contribution is -2.47. The van der Waals surface area contributed by atoms with Gasteiger partial charge in [0.15, 0.2) is 0 Å². The van der Waals surface area contributed by atoms with E-state index in [-0.39, 0.29) is 24.6 Å². The molecule has 0 saturated carbocycles. The largest absolute Gasteiger partial charge is 0.490 e. The predicted octanol–water partition coefficient (Wildman–Crippen LogP) is 4.60. The van der Waals surface area contributed by atoms with Crippen LogP contribution in [-0.2, 0) is 23.1 Å². The van der Waals surface area contributed by atoms with E-state index < -0.39 is 17.3 Å². The molecule has 198 valence electrons. The van der Waals surface area contributed by atoms with Crippen LogP contribution in [0.3, 0.4) is 0 Å². The summed E-state index contributed by atoms with van der Waals surface area (Å²) in [5.41, 5.74) is 0.181. The lowest BCUT2D eigenvalue weighted by molar-refractivity contribution is -0.137. The third kappa shape index (κ3) is 6.14. The van der Waals surface area contributed by atoms with Crippen LogP contribution in [0.15, 0.2) is 54.7 Å². The monoisotopic (exact) mass is 516 g/mol. The molecular formula is C27H31F3N4O3. The van der Waals surface area contributed by atoms with Crippen molar-refractivity contribution in [2.75, 3.05) is 13.2 Å². The molecule has 0 radical (unpaired) electrons. The van der Waals surface area contributed by atoms with Gasteiger partial charge in [-0.1, -0.05) is 29.5 Å². The van der Waals surface area contributed by atoms with Gasteiger partial charge in [-0.15, -0.1) is 5.10 Å². The summed E-state index contributed by atoms with van der Waals surface area (Å²) in [6, 6.07) is 12.3. The highest BCUT2D eigenvalue weighted by molar-refractivity contribution is 5.31. The number of piperidine rings is 1. The van der Waals surface area contributed by atoms with Gasteiger partial charge in [-0.3, -0.25) is 0 Å². The molecule has 2 aromatic carbocycles. The van der Waals surface area contributed by atoms with Crippen LogP contribution in [0.4, 0.5) is 13.2 Å². The highest BCUT2D eigenvalue weighted by Gasteiger charge is 2.41. The summed E-state index contributed by atoms with van der Waals surface area (Å²) in [6.45, 7) is 3.92. The summed E-state index contributed by atoms with van der Waals surface area (Å²) < 4.78 is 52.1. The number of ether oxygens (including phenoxy) is 2. The van der Waals surface area contributed by atoms with E-state index in [1.165, 1.54) is 12.1 Å². The quantitative estimate of drug-likeness (QED) is 0.498. The Kier molecular flexibility index (Phi) is 7.24. The maximum absolute atomic E-state index is 13.0. The van der Waals surface area contributed by atoms with Crippen LogP contribution in [0, 0.1) is 0 Å². The third-order valence-corrected chi connectivity index (χ3v) is 7.07. The molecule has 1 unspecified atom stereocenters. The third-order valence-electron chi connectivity index (χ3n) is 7.07. The molecule has 0 spiro atoms. The zero-order valence-corrected chi connectivity index (χ0v) is 20.6. The molecule has 2 aliphatic heterocycles. The van der Waals surface area contributed by atoms with Gasteiger partial charge in [0.05, 0.1) is 48.9 Å². The van der Waals surface area contributed by atoms with Gasteiger partial charge >= 0.3 is 6.18 Å². The standard InChI is InChI=1S/C27H31F3N4O3/c1-18-14-26(35,20-4-6-21(7-5-20)27(28,29)30)15-24(31-18)25-17-34(33-32-25)16-19-2-8-22(9-3-19)37-23-10-12-36-13-11-23/h2-9,17-18,23-24,31,35H,10-16H2,1H3/t18-,24-,26?/m0/s1. The van der Waals surface area contributed by atoms with E-state index in [1.54, 1.807) is 4.68 Å². The number of benzene rings is 2. The van der Waals surface area contributed by atoms with Crippen molar-refractivity contribution in [2.24, 2.45) is 0 Å². The normalized spacial score (nSPS) is 25.2. The molecule has 0 bridgehead atoms. The fourth-order valence-corrected chi connectivity index (χ4v) is 5.18. The molecule has 37 heavy (non-hydrogen) atoms. The number of alkyl halides is 3. The van der Waals surface area contributed by atoms with Crippen LogP contribution in [0.2, 0.25) is 0 Å². The summed E-state index contributed by atoms with van der Waals surface area (Å²) in [5.74, 6) is 0.831. The van der Waals surface area contributed by atoms with Crippen molar-refractivity contribution in [1.29, 1.82) is 0 Å². The van der Waals surface area contributed by atoms with Crippen LogP contribution in [0.5, 0.6) is 5.75 Å². The molecular weight excluding hydrogens is 485 g/mol. The number of hydrogen-bond donors (Lipinski definition) is 2. The number of aliphatic hydroxyl groups is 1. The number of rotatable bonds is 6. The van der Waals surface area contributed by atoms with Gasteiger partial charge in [-0.05, 0) is 48.7 Å². The second-order valence-corrected chi connectivity index (χ2v) is 10.0. The first-order valence-electron chi connectivity index (χ1n) is 12.6. The van der Waals surface area contributed by atoms with Crippen LogP contribution in [-0.4, -0.2) is 45.5 Å². The fourth-order valence-electron chi connectivity index (χ4n) is 5.18. The molecule has 3 heterocycles. The molecule has 0 aliphatic carbocycles. The van der Waals surface area contributed by atoms with Gasteiger partial charge in [0.25, 0.3) is 0 Å². The van der Waals surface area contributed by atoms with Gasteiger partial charge < -0.3 is 19.9 Å². The van der Waals surface area contributed by atoms with Crippen molar-refractivity contribution in [1.82, 2.24) is 20.3 Å². The molecule has 2 aliphatic rings. The van der Waals surface area contributed by atoms with Crippen LogP contribution >= 0.6 is 0 Å². The van der Waals surface area contributed by atoms with E-state index >= 15 is 0 Å². The minimum atomic E-state index is -4.41. The Hall–Kier alpha value is -2.95. The van der Waals surface area contributed by atoms with E-state index in [2.05, 4.69) is 15.6 Å². The summed E-state index contributed by atoms with van der Waals surface area (Å²) in [6.07, 6.45) is 0.0580. The number of nitrogens with one attached hydrogen (secondary N) is 1. The maximum atomic E-state index is 13.0. The lowest BCUT2D eigenvalue weighted by Gasteiger charge is -2.40. The van der Waals surface area contributed by atoms with E-state index in [0.29, 0.717) is 24.2 Å². The van der Waals surface area contributed by atoms with Crippen molar-refractivity contribution in [3.8, 4) is 5.75 Å². The average Bonchev–Trinajstić information content (AvgIpc) is 3.34. The van der Waals surface area contributed by atoms with Crippen molar-refractivity contribution in [2.45, 2.75) is 69.1 Å². The van der Waals surface area contributed by atoms with Crippen LogP contribution in [0.25, 0.3) is 0 Å². The zero-order chi connectivity index (χ0) is 26.0. The molecule has 2 saturated heterocycles. The smallest absolute Gasteiger partial charge is 0.416 e. The fraction of sp³-hybridized carbons (Fsp3) is 0.481. The molecule has 3 atom stereocenters. The van der Waals surface area contributed by atoms with E-state index in [1.807, 2.05) is 37.4 Å². The second-order valence-electron chi connectivity index (χ2n) is 10.0. The molecule has 10 heteroatoms. The highest BCUT2D eigenvalue weighted by atomic mass is 19.4. The number of aromatic nitrogens is 3. The topological polar surface area (TPSA) is 81.4 Å². The van der Waals surface area contributed by atoms with E-state index in [0.717, 1.165) is 49.5 Å². The van der Waals surface area contributed by atoms with Gasteiger partial charge in [0.2, 0.25) is 0 Å². The SMILES string of the molecule is C[C@H]1CC(O)(c2ccc(C(F)(F)F)cc2)C[C@@H](c2cn(Cc3ccc(OC4CCOCC4)cc3)nn2)N1. The predicted molar refractivity (Wildman–Crippen MR) is 130 cm³/mol. The van der Waals surface area contributed by atoms with Crippen molar-refractivity contribution < 1.29 is 27.8 Å². The first kappa shape index (κ1) is 25.7. The van der Waals surface area contributed by atoms with Crippen molar-refractivity contribution in [3.63, 3.8) is 0 Å². The highest BCUT2D eigenvalue weighted by Crippen LogP contribution is 2.40. The Morgan fingerprint density at radius 2 is 1.78 bits per heavy atom. The van der Waals surface area contributed by atoms with Gasteiger partial charge in [-0.2, -0.15) is 13.2 Å². The molecule has 0 amide bonds. The molecule has 2 fully saturated rings. The van der Waals surface area contributed by atoms with E-state index in [4.69, 9.17) is 9.47 Å². The van der Waals surface area contributed by atoms with Gasteiger partial charge in [0, 0.05) is 25.3 Å². The molecule has 3 aromatic rings. The lowest BCUT2D eigenvalue weighted by atomic mass is 9.78. The maximum Gasteiger partial charge on any atom is 0.416 e. The van der Waals surface area contributed by atoms with Gasteiger partial charge in [0.1, 0.15) is 11.9 Å². The Bertz CT molecular complexity index is 1180. The summed E-state index contributed by atoms with van der Waals surface area (Å²) in [7, 11) is 0. The first-order valence-corrected chi connectivity index (χ1v) is 12.6. The average molecular weight is 517 g/mol. The Morgan fingerprint density at radius 1 is 1.08 bits per heavy atom. The minimum absolute atomic E-state index is 0.0699. The molecule has 7 nitrogen and oxygen atoms in total. The second kappa shape index (κ2) is 10.4. The molecule has 1 aromatic heterocycles. The summed E-state index contributed by atoms with van der Waals surface area (Å²) in [5, 5.41) is 23.5. The summed E-state index contributed by atoms with van der Waals surface area (Å²) in [4.78, 5) is 0. The molecule has 2 N–H and O–H groups in total. The number of halogens is 3. The first-order chi connectivity index (χ1) is 17.7. The van der Waals surface area contributed by atoms with Crippen LogP contribution < -0.4 is 10.1 Å². The minimum Gasteiger partial charge on any atom is -0.490 e. The molecule has 5 rings (SSSR count). The zero-order valence-electron chi connectivity index (χ0n) is 20.6. The Morgan fingerprint density at radius 3 is 2.46 bits per heavy atom. The van der Waals surface area contributed by atoms with Crippen molar-refractivity contribution in [3.05, 3.63) is 77.1 Å². The van der Waals surface area contributed by atoms with Gasteiger partial charge in [-0.25, -0.2) is 4.68 Å². The van der Waals surface area contributed by atoms with Crippen molar-refractivity contribution >= 4 is 0 Å². The number of nitrogens with zero attached hydrogens (tertiary/aromatic N) is 3. The number of hydrogen-bond acceptors (Lipinski definition) is 6. The van der Waals surface area contributed by atoms with Crippen LogP contribution in [0.1, 0.15) is 61.0 Å². The van der Waals surface area contributed by atoms with E-state index in [9.17, 15) is 18.3 Å².